The van der Waals surface area contributed by atoms with Gasteiger partial charge in [-0.1, -0.05) is 46.4 Å². The molecule has 3 heterocycles. The maximum Gasteiger partial charge on any atom is 0.274 e. The summed E-state index contributed by atoms with van der Waals surface area (Å²) in [5.41, 5.74) is 4.64. The molecule has 2 aromatic heterocycles. The third kappa shape index (κ3) is 13.5. The highest BCUT2D eigenvalue weighted by atomic mass is 32.2. The summed E-state index contributed by atoms with van der Waals surface area (Å²) in [6.07, 6.45) is 3.47. The summed E-state index contributed by atoms with van der Waals surface area (Å²) in [6, 6.07) is 0. The summed E-state index contributed by atoms with van der Waals surface area (Å²) >= 11 is 1.17. The standard InChI is InChI=1S/C45H72N7O18P3S/c1-25(29-9-10-30-28-8-7-26-20-27(53)12-15-44(26,4)31(28)13-16-45(29,30)5)6-11-34(55)74-19-18-47-33(54)14-17-48-41(58)38(57)43(2,3)22-67-73(64,65)70-72(62,63)66-21-32-37(69-71(59,60)61)36(56)42(68-32)52-24-51-35-39(46)49-23-50-40(35)52/h23-26,28-32,36-38,42,56-57H,6-22H2,1-5H3,(H,47,54)(H,48,58)(H,62,63)(H,64,65)(H2,46,49,50)(H2,59,60,61)/p-4/t25-,26?,28?,29-,30?,31?,32-,36-,37-,38+,42-,44+,45-/m1/s1. The van der Waals surface area contributed by atoms with Gasteiger partial charge < -0.3 is 69.0 Å². The lowest BCUT2D eigenvalue weighted by Gasteiger charge is -2.60. The van der Waals surface area contributed by atoms with Gasteiger partial charge in [0.2, 0.25) is 11.8 Å². The highest BCUT2D eigenvalue weighted by Gasteiger charge is 2.60. The number of fused-ring (bicyclic) bond motifs is 6. The predicted molar refractivity (Wildman–Crippen MR) is 257 cm³/mol. The van der Waals surface area contributed by atoms with Crippen LogP contribution in [-0.2, 0) is 55.5 Å². The average molecular weight is 1120 g/mol. The average Bonchev–Trinajstić information content (AvgIpc) is 4.00. The van der Waals surface area contributed by atoms with Crippen molar-refractivity contribution < 1.29 is 85.3 Å². The first-order chi connectivity index (χ1) is 34.5. The zero-order chi connectivity index (χ0) is 54.2. The molecule has 0 bridgehead atoms. The van der Waals surface area contributed by atoms with E-state index in [-0.39, 0.29) is 52.4 Å². The van der Waals surface area contributed by atoms with Crippen LogP contribution in [0.5, 0.6) is 0 Å². The second-order valence-corrected chi connectivity index (χ2v) is 27.1. The summed E-state index contributed by atoms with van der Waals surface area (Å²) in [7, 11) is -17.6. The van der Waals surface area contributed by atoms with E-state index in [9.17, 15) is 62.7 Å². The van der Waals surface area contributed by atoms with Crippen molar-refractivity contribution in [1.82, 2.24) is 30.2 Å². The highest BCUT2D eigenvalue weighted by Crippen LogP contribution is 2.68. The van der Waals surface area contributed by atoms with E-state index in [1.54, 1.807) is 0 Å². The summed E-state index contributed by atoms with van der Waals surface area (Å²) < 4.78 is 61.1. The summed E-state index contributed by atoms with van der Waals surface area (Å²) in [4.78, 5) is 111. The van der Waals surface area contributed by atoms with Gasteiger partial charge in [0.05, 0.1) is 27.4 Å². The van der Waals surface area contributed by atoms with E-state index in [0.717, 1.165) is 48.8 Å². The van der Waals surface area contributed by atoms with Gasteiger partial charge in [0.15, 0.2) is 22.8 Å². The Morgan fingerprint density at radius 1 is 0.973 bits per heavy atom. The Hall–Kier alpha value is -2.77. The number of carbonyl (C=O) groups excluding carboxylic acids is 4. The maximum absolute atomic E-state index is 12.9. The van der Waals surface area contributed by atoms with Gasteiger partial charge >= 0.3 is 0 Å². The zero-order valence-electron chi connectivity index (χ0n) is 42.1. The van der Waals surface area contributed by atoms with Gasteiger partial charge in [0, 0.05) is 49.9 Å². The van der Waals surface area contributed by atoms with Gasteiger partial charge in [-0.25, -0.2) is 19.3 Å². The number of amides is 2. The van der Waals surface area contributed by atoms with Gasteiger partial charge in [0.1, 0.15) is 42.0 Å². The number of nitrogens with zero attached hydrogens (tertiary/aromatic N) is 4. The number of aliphatic hydroxyl groups excluding tert-OH is 2. The Morgan fingerprint density at radius 2 is 1.69 bits per heavy atom. The van der Waals surface area contributed by atoms with Crippen molar-refractivity contribution in [3.05, 3.63) is 12.7 Å². The maximum atomic E-state index is 12.9. The Kier molecular flexibility index (Phi) is 18.5. The number of ketones is 1. The van der Waals surface area contributed by atoms with Crippen molar-refractivity contribution >= 4 is 74.9 Å². The number of phosphoric ester groups is 3. The molecule has 4 saturated carbocycles. The number of aliphatic hydroxyl groups is 2. The van der Waals surface area contributed by atoms with Crippen molar-refractivity contribution in [2.45, 2.75) is 142 Å². The molecule has 1 aliphatic heterocycles. The van der Waals surface area contributed by atoms with E-state index in [1.807, 2.05) is 0 Å². The second kappa shape index (κ2) is 23.3. The third-order valence-electron chi connectivity index (χ3n) is 16.8. The van der Waals surface area contributed by atoms with E-state index in [0.29, 0.717) is 47.5 Å². The molecule has 74 heavy (non-hydrogen) atoms. The van der Waals surface area contributed by atoms with Crippen LogP contribution in [0.1, 0.15) is 118 Å². The molecule has 6 N–H and O–H groups in total. The predicted octanol–water partition coefficient (Wildman–Crippen LogP) is 1.78. The van der Waals surface area contributed by atoms with Gasteiger partial charge in [-0.15, -0.1) is 0 Å². The SMILES string of the molecule is C[C@H](CCC(=O)SCCNC(=O)CCNC(=O)[C@H](O)C(C)(C)COP(=O)([O-])OP(=O)([O-])OC[C@H]1O[C@@H](n2cnc3c(N)ncnc32)[C@H](O)[C@@H]1OP(=O)([O-])[O-])[C@H]1CCC2C3CCC4CC(=O)CC[C@]4(C)C3CC[C@@]21C. The lowest BCUT2D eigenvalue weighted by atomic mass is 9.44. The molecule has 5 fully saturated rings. The minimum Gasteiger partial charge on any atom is -0.790 e. The molecule has 7 rings (SSSR count). The molecule has 29 heteroatoms. The number of Topliss-reactive ketones (excluding diaryl/α,β-unsaturated/α-hetero) is 1. The van der Waals surface area contributed by atoms with E-state index in [4.69, 9.17) is 10.5 Å². The molecule has 5 aliphatic rings. The quantitative estimate of drug-likeness (QED) is 0.0782. The molecule has 4 aliphatic carbocycles. The number of nitrogens with one attached hydrogen (secondary N) is 2. The minimum atomic E-state index is -5.93. The Bertz CT molecular complexity index is 2540. The number of nitrogens with two attached hydrogens (primary N) is 1. The molecule has 2 aromatic rings. The number of rotatable bonds is 23. The van der Waals surface area contributed by atoms with Crippen LogP contribution in [0, 0.1) is 51.8 Å². The number of anilines is 1. The molecule has 0 spiro atoms. The molecule has 25 nitrogen and oxygen atoms in total. The van der Waals surface area contributed by atoms with Crippen molar-refractivity contribution in [3.8, 4) is 0 Å². The largest absolute Gasteiger partial charge is 0.790 e. The zero-order valence-corrected chi connectivity index (χ0v) is 45.6. The fourth-order valence-corrected chi connectivity index (χ4v) is 16.3. The van der Waals surface area contributed by atoms with Crippen molar-refractivity contribution in [2.75, 3.05) is 37.8 Å². The number of phosphoric acid groups is 3. The molecule has 0 aromatic carbocycles. The number of aromatic nitrogens is 4. The molecular weight excluding hydrogens is 1050 g/mol. The Balaban J connectivity index is 0.774. The molecular formula is C45H68N7O18P3S-4. The Morgan fingerprint density at radius 3 is 2.42 bits per heavy atom. The van der Waals surface area contributed by atoms with Gasteiger partial charge in [0.25, 0.3) is 15.6 Å². The van der Waals surface area contributed by atoms with Crippen molar-refractivity contribution in [2.24, 2.45) is 51.8 Å². The first-order valence-corrected chi connectivity index (χ1v) is 30.4. The van der Waals surface area contributed by atoms with Crippen LogP contribution in [0.15, 0.2) is 12.7 Å². The lowest BCUT2D eigenvalue weighted by molar-refractivity contribution is -0.347. The van der Waals surface area contributed by atoms with E-state index >= 15 is 0 Å². The summed E-state index contributed by atoms with van der Waals surface area (Å²) in [5.74, 6) is 2.92. The molecule has 1 saturated heterocycles. The van der Waals surface area contributed by atoms with Crippen LogP contribution in [0.4, 0.5) is 5.82 Å². The number of thioether (sulfide) groups is 1. The minimum absolute atomic E-state index is 0.0202. The van der Waals surface area contributed by atoms with Gasteiger partial charge in [-0.05, 0) is 97.7 Å². The van der Waals surface area contributed by atoms with Crippen molar-refractivity contribution in [3.63, 3.8) is 0 Å². The molecule has 15 atom stereocenters. The number of nitrogen functional groups attached to an aromatic ring is 1. The normalized spacial score (nSPS) is 32.6. The molecule has 416 valence electrons. The Labute approximate surface area is 433 Å². The molecule has 0 radical (unpaired) electrons. The fraction of sp³-hybridized carbons (Fsp3) is 0.800. The fourth-order valence-electron chi connectivity index (χ4n) is 12.9. The smallest absolute Gasteiger partial charge is 0.274 e. The van der Waals surface area contributed by atoms with Gasteiger partial charge in [-0.2, -0.15) is 0 Å². The van der Waals surface area contributed by atoms with Crippen molar-refractivity contribution in [1.29, 1.82) is 0 Å². The van der Waals surface area contributed by atoms with E-state index < -0.39 is 84.6 Å². The summed E-state index contributed by atoms with van der Waals surface area (Å²) in [5, 5.41) is 26.7. The summed E-state index contributed by atoms with van der Waals surface area (Å²) in [6.45, 7) is 7.42. The monoisotopic (exact) mass is 1120 g/mol. The highest BCUT2D eigenvalue weighted by molar-refractivity contribution is 8.13. The van der Waals surface area contributed by atoms with Crippen LogP contribution >= 0.6 is 35.2 Å². The number of imidazole rings is 1. The number of hydrogen-bond acceptors (Lipinski definition) is 23. The third-order valence-corrected chi connectivity index (χ3v) is 20.7. The first kappa shape index (κ1) is 58.9. The van der Waals surface area contributed by atoms with Crippen LogP contribution in [0.2, 0.25) is 0 Å². The molecule has 6 unspecified atom stereocenters. The van der Waals surface area contributed by atoms with Crippen LogP contribution in [-0.4, -0.2) is 109 Å². The van der Waals surface area contributed by atoms with E-state index in [2.05, 4.69) is 64.2 Å². The van der Waals surface area contributed by atoms with Crippen LogP contribution < -0.4 is 35.9 Å². The number of carbonyl (C=O) groups is 4. The number of ether oxygens (including phenoxy) is 1. The topological polar surface area (TPSA) is 392 Å². The number of hydrogen-bond donors (Lipinski definition) is 5. The van der Waals surface area contributed by atoms with Crippen LogP contribution in [0.3, 0.4) is 0 Å². The second-order valence-electron chi connectivity index (χ2n) is 21.8. The van der Waals surface area contributed by atoms with Crippen LogP contribution in [0.25, 0.3) is 11.2 Å². The molecule has 2 amide bonds. The van der Waals surface area contributed by atoms with Gasteiger partial charge in [-0.3, -0.25) is 32.9 Å². The lowest BCUT2D eigenvalue weighted by Crippen LogP contribution is -2.53. The first-order valence-electron chi connectivity index (χ1n) is 25.0. The van der Waals surface area contributed by atoms with E-state index in [1.165, 1.54) is 64.1 Å².